The first kappa shape index (κ1) is 14.2. The molecule has 1 nitrogen and oxygen atoms in total. The van der Waals surface area contributed by atoms with Crippen LogP contribution in [-0.4, -0.2) is 13.3 Å². The molecule has 0 saturated heterocycles. The van der Waals surface area contributed by atoms with Gasteiger partial charge in [0.1, 0.15) is 0 Å². The minimum Gasteiger partial charge on any atom is -0.357 e. The van der Waals surface area contributed by atoms with Crippen molar-refractivity contribution < 1.29 is 4.52 Å². The lowest BCUT2D eigenvalue weighted by Crippen LogP contribution is -2.23. The van der Waals surface area contributed by atoms with Crippen LogP contribution in [0, 0.1) is 0 Å². The Bertz CT molecular complexity index is 442. The van der Waals surface area contributed by atoms with Gasteiger partial charge in [0.25, 0.3) is 0 Å². The molecule has 0 bridgehead atoms. The van der Waals surface area contributed by atoms with Crippen LogP contribution in [0.15, 0.2) is 60.7 Å². The van der Waals surface area contributed by atoms with Gasteiger partial charge in [-0.05, 0) is 13.1 Å². The first-order chi connectivity index (χ1) is 9.27. The van der Waals surface area contributed by atoms with Crippen LogP contribution in [0.5, 0.6) is 0 Å². The molecule has 0 aliphatic heterocycles. The van der Waals surface area contributed by atoms with Gasteiger partial charge in [-0.2, -0.15) is 0 Å². The van der Waals surface area contributed by atoms with Gasteiger partial charge in [-0.15, -0.1) is 0 Å². The minimum absolute atomic E-state index is 0.838. The largest absolute Gasteiger partial charge is 0.357 e. The predicted octanol–water partition coefficient (Wildman–Crippen LogP) is 4.02. The van der Waals surface area contributed by atoms with Crippen molar-refractivity contribution in [2.24, 2.45) is 0 Å². The first-order valence-electron chi connectivity index (χ1n) is 6.89. The summed E-state index contributed by atoms with van der Waals surface area (Å²) in [5.41, 5.74) is 0. The van der Waals surface area contributed by atoms with Crippen LogP contribution in [0.4, 0.5) is 0 Å². The second-order valence-corrected chi connectivity index (χ2v) is 7.92. The van der Waals surface area contributed by atoms with E-state index in [1.165, 1.54) is 17.0 Å². The van der Waals surface area contributed by atoms with E-state index >= 15 is 0 Å². The first-order valence-corrected chi connectivity index (χ1v) is 9.05. The third-order valence-electron chi connectivity index (χ3n) is 3.35. The molecule has 0 atom stereocenters. The zero-order chi connectivity index (χ0) is 13.6. The van der Waals surface area contributed by atoms with Crippen molar-refractivity contribution in [1.82, 2.24) is 0 Å². The Hall–Kier alpha value is -1.17. The van der Waals surface area contributed by atoms with E-state index in [1.807, 2.05) is 0 Å². The third-order valence-corrected chi connectivity index (χ3v) is 6.61. The average molecular weight is 273 g/mol. The lowest BCUT2D eigenvalue weighted by atomic mass is 10.4. The van der Waals surface area contributed by atoms with E-state index in [4.69, 9.17) is 4.52 Å². The quantitative estimate of drug-likeness (QED) is 0.570. The van der Waals surface area contributed by atoms with E-state index in [1.54, 1.807) is 0 Å². The Morgan fingerprint density at radius 3 is 1.74 bits per heavy atom. The summed E-state index contributed by atoms with van der Waals surface area (Å²) in [6.07, 6.45) is 2.29. The second-order valence-electron chi connectivity index (χ2n) is 4.78. The molecule has 0 aliphatic carbocycles. The van der Waals surface area contributed by atoms with E-state index in [2.05, 4.69) is 74.3 Å². The Kier molecular flexibility index (Phi) is 5.13. The van der Waals surface area contributed by atoms with Crippen molar-refractivity contribution in [2.45, 2.75) is 19.8 Å². The van der Waals surface area contributed by atoms with Crippen molar-refractivity contribution in [3.8, 4) is 0 Å². The van der Waals surface area contributed by atoms with Crippen molar-refractivity contribution in [2.75, 3.05) is 13.3 Å². The number of hydrogen-bond donors (Lipinski definition) is 0. The average Bonchev–Trinajstić information content (AvgIpc) is 2.49. The highest BCUT2D eigenvalue weighted by atomic mass is 31.2. The summed E-state index contributed by atoms with van der Waals surface area (Å²) in [7, 11) is -1.70. The van der Waals surface area contributed by atoms with E-state index < -0.39 is 7.49 Å². The van der Waals surface area contributed by atoms with Gasteiger partial charge in [0.05, 0.1) is 6.61 Å². The molecule has 0 heterocycles. The number of hydrogen-bond acceptors (Lipinski definition) is 1. The van der Waals surface area contributed by atoms with Gasteiger partial charge >= 0.3 is 0 Å². The molecule has 0 amide bonds. The Morgan fingerprint density at radius 1 is 0.842 bits per heavy atom. The lowest BCUT2D eigenvalue weighted by molar-refractivity contribution is 0.342. The van der Waals surface area contributed by atoms with Gasteiger partial charge in [0.15, 0.2) is 0 Å². The van der Waals surface area contributed by atoms with Crippen LogP contribution in [0.3, 0.4) is 0 Å². The highest BCUT2D eigenvalue weighted by molar-refractivity contribution is 7.84. The van der Waals surface area contributed by atoms with Gasteiger partial charge in [0, 0.05) is 18.1 Å². The molecule has 101 valence electrons. The van der Waals surface area contributed by atoms with Crippen molar-refractivity contribution in [3.63, 3.8) is 0 Å². The summed E-state index contributed by atoms with van der Waals surface area (Å²) >= 11 is 0. The van der Waals surface area contributed by atoms with Gasteiger partial charge in [-0.3, -0.25) is 0 Å². The van der Waals surface area contributed by atoms with Gasteiger partial charge in [-0.1, -0.05) is 74.0 Å². The normalized spacial score (nSPS) is 11.5. The fourth-order valence-electron chi connectivity index (χ4n) is 2.11. The van der Waals surface area contributed by atoms with Crippen LogP contribution in [0.25, 0.3) is 0 Å². The number of unbranched alkanes of at least 4 members (excludes halogenated alkanes) is 1. The molecule has 0 spiro atoms. The zero-order valence-electron chi connectivity index (χ0n) is 11.8. The maximum atomic E-state index is 6.35. The fraction of sp³-hybridized carbons (Fsp3) is 0.294. The fourth-order valence-corrected chi connectivity index (χ4v) is 4.69. The molecule has 0 aromatic heterocycles. The molecule has 19 heavy (non-hydrogen) atoms. The molecule has 2 aromatic carbocycles. The van der Waals surface area contributed by atoms with Crippen LogP contribution in [-0.2, 0) is 4.52 Å². The summed E-state index contributed by atoms with van der Waals surface area (Å²) < 4.78 is 6.35. The summed E-state index contributed by atoms with van der Waals surface area (Å²) in [6, 6.07) is 21.3. The molecule has 1 radical (unpaired) electrons. The zero-order valence-corrected chi connectivity index (χ0v) is 12.6. The maximum absolute atomic E-state index is 6.35. The topological polar surface area (TPSA) is 9.23 Å². The maximum Gasteiger partial charge on any atom is 0.0511 e. The molecule has 0 unspecified atom stereocenters. The van der Waals surface area contributed by atoms with Crippen LogP contribution < -0.4 is 10.6 Å². The van der Waals surface area contributed by atoms with Crippen molar-refractivity contribution in [1.29, 1.82) is 0 Å². The number of benzene rings is 2. The molecule has 0 aliphatic rings. The van der Waals surface area contributed by atoms with Gasteiger partial charge in [0.2, 0.25) is 0 Å². The smallest absolute Gasteiger partial charge is 0.0511 e. The Balaban J connectivity index is 2.33. The van der Waals surface area contributed by atoms with E-state index in [-0.39, 0.29) is 0 Å². The lowest BCUT2D eigenvalue weighted by Gasteiger charge is -2.33. The molecular formula is C17H22OP. The molecule has 0 N–H and O–H groups in total. The Labute approximate surface area is 117 Å². The SMILES string of the molecule is CCCCO[P](C)(c1ccccc1)c1ccccc1. The second kappa shape index (κ2) is 6.84. The van der Waals surface area contributed by atoms with Gasteiger partial charge < -0.3 is 4.52 Å². The number of rotatable bonds is 6. The van der Waals surface area contributed by atoms with E-state index in [0.29, 0.717) is 0 Å². The molecular weight excluding hydrogens is 251 g/mol. The molecule has 2 aromatic rings. The molecule has 2 rings (SSSR count). The Morgan fingerprint density at radius 2 is 1.32 bits per heavy atom. The summed E-state index contributed by atoms with van der Waals surface area (Å²) in [4.78, 5) is 0. The van der Waals surface area contributed by atoms with Crippen molar-refractivity contribution in [3.05, 3.63) is 60.7 Å². The van der Waals surface area contributed by atoms with Gasteiger partial charge in [-0.25, -0.2) is 0 Å². The van der Waals surface area contributed by atoms with Crippen LogP contribution in [0.2, 0.25) is 0 Å². The highest BCUT2D eigenvalue weighted by Gasteiger charge is 2.27. The van der Waals surface area contributed by atoms with Crippen LogP contribution >= 0.6 is 7.49 Å². The molecule has 2 heteroatoms. The summed E-state index contributed by atoms with van der Waals surface area (Å²) in [6.45, 7) is 5.31. The molecule has 0 fully saturated rings. The van der Waals surface area contributed by atoms with Crippen molar-refractivity contribution >= 4 is 18.1 Å². The summed E-state index contributed by atoms with van der Waals surface area (Å²) in [5.74, 6) is 0. The van der Waals surface area contributed by atoms with E-state index in [0.717, 1.165) is 13.0 Å². The minimum atomic E-state index is -1.70. The molecule has 0 saturated carbocycles. The van der Waals surface area contributed by atoms with Crippen LogP contribution in [0.1, 0.15) is 19.8 Å². The standard InChI is InChI=1S/C17H22OP/c1-3-4-15-18-19(2,16-11-7-5-8-12-16)17-13-9-6-10-14-17/h5-14H,3-4,15H2,1-2H3. The summed E-state index contributed by atoms with van der Waals surface area (Å²) in [5, 5.41) is 2.63. The third kappa shape index (κ3) is 3.43. The monoisotopic (exact) mass is 273 g/mol. The highest BCUT2D eigenvalue weighted by Crippen LogP contribution is 2.53. The predicted molar refractivity (Wildman–Crippen MR) is 85.9 cm³/mol. The van der Waals surface area contributed by atoms with E-state index in [9.17, 15) is 0 Å².